The molecule has 490 valence electrons. The first-order valence-corrected chi connectivity index (χ1v) is 36.3. The van der Waals surface area contributed by atoms with Crippen LogP contribution in [0.15, 0.2) is 361 Å². The Morgan fingerprint density at radius 3 is 1.31 bits per heavy atom. The fourth-order valence-corrected chi connectivity index (χ4v) is 18.7. The largest absolute Gasteiger partial charge is 0.456 e. The average Bonchev–Trinajstić information content (AvgIpc) is 1.50. The van der Waals surface area contributed by atoms with Crippen molar-refractivity contribution in [2.45, 2.75) is 10.8 Å². The van der Waals surface area contributed by atoms with Crippen molar-refractivity contribution in [2.75, 3.05) is 0 Å². The predicted molar refractivity (Wildman–Crippen MR) is 428 cm³/mol. The Bertz CT molecular complexity index is 6920. The Hall–Kier alpha value is -13.9. The monoisotopic (exact) mass is 1350 g/mol. The molecule has 0 aliphatic heterocycles. The molecule has 1 atom stereocenters. The Balaban J connectivity index is 0.625. The molecule has 4 aliphatic rings. The lowest BCUT2D eigenvalue weighted by atomic mass is 9.70. The third-order valence-corrected chi connectivity index (χ3v) is 23.2. The zero-order valence-electron chi connectivity index (χ0n) is 57.1. The molecule has 6 nitrogen and oxygen atoms in total. The molecule has 0 radical (unpaired) electrons. The molecule has 1 unspecified atom stereocenters. The topological polar surface area (TPSA) is 77.8 Å². The second kappa shape index (κ2) is 22.3. The second-order valence-electron chi connectivity index (χ2n) is 28.5. The van der Waals surface area contributed by atoms with Gasteiger partial charge in [-0.25, -0.2) is 19.9 Å². The van der Waals surface area contributed by atoms with Crippen molar-refractivity contribution in [3.05, 3.63) is 396 Å². The predicted octanol–water partition coefficient (Wildman–Crippen LogP) is 25.1. The fraction of sp³-hybridized carbons (Fsp3) is 0.0200. The highest BCUT2D eigenvalue weighted by molar-refractivity contribution is 6.08. The van der Waals surface area contributed by atoms with E-state index >= 15 is 0 Å². The second-order valence-corrected chi connectivity index (χ2v) is 28.5. The third-order valence-electron chi connectivity index (χ3n) is 23.2. The van der Waals surface area contributed by atoms with Crippen LogP contribution in [0.4, 0.5) is 0 Å². The normalized spacial score (nSPS) is 14.3. The van der Waals surface area contributed by atoms with Crippen LogP contribution in [0.1, 0.15) is 44.5 Å². The van der Waals surface area contributed by atoms with Crippen molar-refractivity contribution in [1.29, 1.82) is 0 Å². The summed E-state index contributed by atoms with van der Waals surface area (Å²) in [5.74, 6) is 3.09. The lowest BCUT2D eigenvalue weighted by Crippen LogP contribution is -2.25. The van der Waals surface area contributed by atoms with Gasteiger partial charge in [-0.3, -0.25) is 0 Å². The lowest BCUT2D eigenvalue weighted by Gasteiger charge is -2.30. The van der Waals surface area contributed by atoms with Crippen LogP contribution in [0.5, 0.6) is 0 Å². The molecule has 106 heavy (non-hydrogen) atoms. The molecule has 4 aliphatic carbocycles. The van der Waals surface area contributed by atoms with Crippen LogP contribution < -0.4 is 0 Å². The van der Waals surface area contributed by atoms with Crippen molar-refractivity contribution < 1.29 is 8.83 Å². The fourth-order valence-electron chi connectivity index (χ4n) is 18.7. The maximum absolute atomic E-state index is 7.24. The number of nitrogens with zero attached hydrogens (tertiary/aromatic N) is 4. The van der Waals surface area contributed by atoms with Crippen LogP contribution in [0.25, 0.3) is 178 Å². The van der Waals surface area contributed by atoms with Gasteiger partial charge in [0.15, 0.2) is 11.6 Å². The van der Waals surface area contributed by atoms with Gasteiger partial charge in [0.25, 0.3) is 0 Å². The van der Waals surface area contributed by atoms with Crippen LogP contribution in [-0.4, -0.2) is 19.9 Å². The third kappa shape index (κ3) is 8.20. The SMILES string of the molecule is c1ccc(-c2cc(-c3cccc4cc(-c5ccc6c(c5)-c5ccccc5C65c6cccc(-c7nc(-c8ccccc8)cc(-c8cccc9ccccc89)n7)c6-c6oc7ccccc7c65)ccc34)nc(-c3ccc(-c4ccc5c(c4)C4(c6ccccc6-c6ccccc64)c4c-5oc5ccccc45)cc3)n2)cc1. The summed E-state index contributed by atoms with van der Waals surface area (Å²) in [5, 5.41) is 6.75. The number of benzene rings is 15. The minimum Gasteiger partial charge on any atom is -0.456 e. The number of aromatic nitrogens is 4. The van der Waals surface area contributed by atoms with E-state index in [9.17, 15) is 0 Å². The van der Waals surface area contributed by atoms with Gasteiger partial charge >= 0.3 is 0 Å². The summed E-state index contributed by atoms with van der Waals surface area (Å²) in [7, 11) is 0. The Labute approximate surface area is 610 Å². The maximum Gasteiger partial charge on any atom is 0.161 e. The van der Waals surface area contributed by atoms with Crippen LogP contribution in [0.3, 0.4) is 0 Å². The van der Waals surface area contributed by atoms with E-state index in [1.165, 1.54) is 55.6 Å². The summed E-state index contributed by atoms with van der Waals surface area (Å²) in [6, 6.07) is 127. The van der Waals surface area contributed by atoms with Crippen molar-refractivity contribution in [1.82, 2.24) is 19.9 Å². The summed E-state index contributed by atoms with van der Waals surface area (Å²) in [4.78, 5) is 21.9. The van der Waals surface area contributed by atoms with E-state index in [0.717, 1.165) is 156 Å². The molecule has 0 fully saturated rings. The first-order chi connectivity index (χ1) is 52.5. The number of fused-ring (bicyclic) bond motifs is 26. The minimum absolute atomic E-state index is 0.551. The quantitative estimate of drug-likeness (QED) is 0.151. The summed E-state index contributed by atoms with van der Waals surface area (Å²) >= 11 is 0. The zero-order valence-corrected chi connectivity index (χ0v) is 57.1. The first kappa shape index (κ1) is 58.7. The Morgan fingerprint density at radius 2 is 0.632 bits per heavy atom. The molecule has 23 rings (SSSR count). The van der Waals surface area contributed by atoms with E-state index in [1.807, 2.05) is 0 Å². The van der Waals surface area contributed by atoms with E-state index < -0.39 is 10.8 Å². The van der Waals surface area contributed by atoms with E-state index in [2.05, 4.69) is 352 Å². The summed E-state index contributed by atoms with van der Waals surface area (Å²) in [6.07, 6.45) is 0. The molecule has 4 aromatic heterocycles. The zero-order chi connectivity index (χ0) is 69.3. The van der Waals surface area contributed by atoms with Gasteiger partial charge in [-0.05, 0) is 142 Å². The van der Waals surface area contributed by atoms with Crippen molar-refractivity contribution in [3.8, 4) is 135 Å². The number of hydrogen-bond donors (Lipinski definition) is 0. The highest BCUT2D eigenvalue weighted by Gasteiger charge is 2.57. The van der Waals surface area contributed by atoms with Crippen molar-refractivity contribution >= 4 is 43.5 Å². The van der Waals surface area contributed by atoms with Gasteiger partial charge in [0.2, 0.25) is 0 Å². The highest BCUT2D eigenvalue weighted by atomic mass is 16.3. The number of furan rings is 2. The Kier molecular flexibility index (Phi) is 12.3. The van der Waals surface area contributed by atoms with E-state index in [4.69, 9.17) is 28.8 Å². The van der Waals surface area contributed by atoms with Gasteiger partial charge in [-0.15, -0.1) is 0 Å². The van der Waals surface area contributed by atoms with E-state index in [0.29, 0.717) is 11.6 Å². The summed E-state index contributed by atoms with van der Waals surface area (Å²) in [5.41, 5.74) is 31.2. The van der Waals surface area contributed by atoms with Gasteiger partial charge in [0.05, 0.1) is 33.6 Å². The molecular formula is C100H58N4O2. The van der Waals surface area contributed by atoms with E-state index in [1.54, 1.807) is 0 Å². The molecular weight excluding hydrogens is 1290 g/mol. The Morgan fingerprint density at radius 1 is 0.208 bits per heavy atom. The maximum atomic E-state index is 7.24. The van der Waals surface area contributed by atoms with E-state index in [-0.39, 0.29) is 0 Å². The summed E-state index contributed by atoms with van der Waals surface area (Å²) in [6.45, 7) is 0. The number of para-hydroxylation sites is 2. The molecule has 19 aromatic rings. The van der Waals surface area contributed by atoms with Gasteiger partial charge in [0.1, 0.15) is 22.7 Å². The smallest absolute Gasteiger partial charge is 0.161 e. The molecule has 0 saturated heterocycles. The van der Waals surface area contributed by atoms with Crippen LogP contribution in [0.2, 0.25) is 0 Å². The molecule has 15 aromatic carbocycles. The van der Waals surface area contributed by atoms with Crippen LogP contribution >= 0.6 is 0 Å². The van der Waals surface area contributed by atoms with Crippen molar-refractivity contribution in [2.24, 2.45) is 0 Å². The minimum atomic E-state index is -0.728. The standard InChI is InChI=1S/C100H58N4O2/c1-3-23-61(24-4-1)86-57-88(103-97(101-86)63-46-44-59(45-47-63)66-49-52-75-85(56-66)100(93-76-33-12-17-42-90(76)105-95(75)93)80-38-14-9-30-70(80)71-31-10-15-39-81(71)100)74-36-20-28-67-54-64(48-51-69(67)74)65-50-53-83-79(55-65)72-32-11-16-40-82(72)99(83)84-41-21-37-78(92(84)96-94(99)77-34-13-18-43-91(77)106-96)98-102-87(62-25-5-2-6-26-62)58-89(104-98)73-35-19-27-60-22-7-8-29-68(60)73/h1-58H. The van der Waals surface area contributed by atoms with Gasteiger partial charge < -0.3 is 8.83 Å². The molecule has 0 bridgehead atoms. The number of hydrogen-bond acceptors (Lipinski definition) is 6. The number of rotatable bonds is 8. The molecule has 2 spiro atoms. The molecule has 0 amide bonds. The van der Waals surface area contributed by atoms with Crippen LogP contribution in [-0.2, 0) is 10.8 Å². The van der Waals surface area contributed by atoms with Gasteiger partial charge in [-0.2, -0.15) is 0 Å². The molecule has 4 heterocycles. The first-order valence-electron chi connectivity index (χ1n) is 36.3. The highest BCUT2D eigenvalue weighted by Crippen LogP contribution is 2.68. The molecule has 6 heteroatoms. The van der Waals surface area contributed by atoms with Gasteiger partial charge in [-0.1, -0.05) is 309 Å². The van der Waals surface area contributed by atoms with Gasteiger partial charge in [0, 0.05) is 66.4 Å². The van der Waals surface area contributed by atoms with Crippen LogP contribution in [0, 0.1) is 0 Å². The van der Waals surface area contributed by atoms with Crippen molar-refractivity contribution in [3.63, 3.8) is 0 Å². The molecule has 0 saturated carbocycles. The average molecular weight is 1350 g/mol. The molecule has 0 N–H and O–H groups in total. The lowest BCUT2D eigenvalue weighted by molar-refractivity contribution is 0.628. The summed E-state index contributed by atoms with van der Waals surface area (Å²) < 4.78 is 14.1.